The zero-order chi connectivity index (χ0) is 15.1. The van der Waals surface area contributed by atoms with Crippen LogP contribution in [0.2, 0.25) is 0 Å². The second-order valence-electron chi connectivity index (χ2n) is 4.64. The minimum atomic E-state index is -3.95. The Morgan fingerprint density at radius 2 is 2.15 bits per heavy atom. The van der Waals surface area contributed by atoms with Crippen LogP contribution in [0.5, 0.6) is 0 Å². The molecule has 1 aliphatic rings. The lowest BCUT2D eigenvalue weighted by Gasteiger charge is -2.22. The van der Waals surface area contributed by atoms with Crippen molar-refractivity contribution < 1.29 is 22.7 Å². The zero-order valence-electron chi connectivity index (χ0n) is 10.6. The van der Waals surface area contributed by atoms with Crippen LogP contribution in [0.1, 0.15) is 18.4 Å². The third-order valence-corrected chi connectivity index (χ3v) is 5.95. The summed E-state index contributed by atoms with van der Waals surface area (Å²) in [6.07, 6.45) is 0.785. The molecule has 0 bridgehead atoms. The van der Waals surface area contributed by atoms with Crippen molar-refractivity contribution in [2.24, 2.45) is 0 Å². The van der Waals surface area contributed by atoms with Gasteiger partial charge in [0.15, 0.2) is 0 Å². The quantitative estimate of drug-likeness (QED) is 0.890. The molecule has 0 aliphatic carbocycles. The van der Waals surface area contributed by atoms with Crippen LogP contribution in [-0.4, -0.2) is 36.4 Å². The van der Waals surface area contributed by atoms with Gasteiger partial charge in [-0.05, 0) is 53.4 Å². The first-order chi connectivity index (χ1) is 9.25. The van der Waals surface area contributed by atoms with Crippen LogP contribution in [0.4, 0.5) is 4.39 Å². The average molecular weight is 366 g/mol. The van der Waals surface area contributed by atoms with E-state index in [-0.39, 0.29) is 27.9 Å². The van der Waals surface area contributed by atoms with Gasteiger partial charge >= 0.3 is 5.97 Å². The smallest absolute Gasteiger partial charge is 0.322 e. The minimum Gasteiger partial charge on any atom is -0.480 e. The lowest BCUT2D eigenvalue weighted by Crippen LogP contribution is -2.40. The number of benzene rings is 1. The summed E-state index contributed by atoms with van der Waals surface area (Å²) in [5, 5.41) is 9.09. The van der Waals surface area contributed by atoms with Crippen molar-refractivity contribution in [1.82, 2.24) is 4.31 Å². The van der Waals surface area contributed by atoms with Gasteiger partial charge in [-0.1, -0.05) is 0 Å². The number of rotatable bonds is 3. The summed E-state index contributed by atoms with van der Waals surface area (Å²) in [4.78, 5) is 11.1. The molecular formula is C12H13BrFNO4S. The van der Waals surface area contributed by atoms with E-state index in [4.69, 9.17) is 5.11 Å². The van der Waals surface area contributed by atoms with Crippen LogP contribution in [0.15, 0.2) is 21.5 Å². The lowest BCUT2D eigenvalue weighted by atomic mass is 10.2. The second-order valence-corrected chi connectivity index (χ2v) is 7.36. The molecule has 5 nitrogen and oxygen atoms in total. The number of halogens is 2. The number of aliphatic carboxylic acids is 1. The zero-order valence-corrected chi connectivity index (χ0v) is 13.0. The van der Waals surface area contributed by atoms with E-state index in [1.54, 1.807) is 0 Å². The van der Waals surface area contributed by atoms with Crippen LogP contribution >= 0.6 is 15.9 Å². The molecular weight excluding hydrogens is 353 g/mol. The molecule has 8 heteroatoms. The standard InChI is InChI=1S/C12H13BrFNO4S/c1-7-5-9(14)8(13)6-11(7)20(18,19)15-4-2-3-10(15)12(16)17/h5-6,10H,2-4H2,1H3,(H,16,17)/t10-/m0/s1. The molecule has 20 heavy (non-hydrogen) atoms. The first kappa shape index (κ1) is 15.4. The largest absolute Gasteiger partial charge is 0.480 e. The third kappa shape index (κ3) is 2.59. The van der Waals surface area contributed by atoms with Crippen molar-refractivity contribution >= 4 is 31.9 Å². The van der Waals surface area contributed by atoms with Gasteiger partial charge in [0.2, 0.25) is 10.0 Å². The van der Waals surface area contributed by atoms with Gasteiger partial charge in [0.1, 0.15) is 11.9 Å². The minimum absolute atomic E-state index is 0.0350. The third-order valence-electron chi connectivity index (χ3n) is 3.29. The van der Waals surface area contributed by atoms with Crippen molar-refractivity contribution in [1.29, 1.82) is 0 Å². The van der Waals surface area contributed by atoms with E-state index in [0.717, 1.165) is 10.4 Å². The van der Waals surface area contributed by atoms with Crippen molar-refractivity contribution in [3.63, 3.8) is 0 Å². The molecule has 110 valence electrons. The average Bonchev–Trinajstić information content (AvgIpc) is 2.83. The molecule has 2 rings (SSSR count). The Labute approximate surface area is 124 Å². The van der Waals surface area contributed by atoms with E-state index in [0.29, 0.717) is 6.42 Å². The van der Waals surface area contributed by atoms with Crippen molar-refractivity contribution in [3.05, 3.63) is 28.0 Å². The maximum Gasteiger partial charge on any atom is 0.322 e. The first-order valence-electron chi connectivity index (χ1n) is 5.95. The first-order valence-corrected chi connectivity index (χ1v) is 8.18. The van der Waals surface area contributed by atoms with Gasteiger partial charge in [0.25, 0.3) is 0 Å². The van der Waals surface area contributed by atoms with Gasteiger partial charge in [-0.2, -0.15) is 4.31 Å². The van der Waals surface area contributed by atoms with Gasteiger partial charge < -0.3 is 5.11 Å². The van der Waals surface area contributed by atoms with Crippen LogP contribution in [-0.2, 0) is 14.8 Å². The molecule has 1 N–H and O–H groups in total. The summed E-state index contributed by atoms with van der Waals surface area (Å²) >= 11 is 2.95. The molecule has 0 spiro atoms. The van der Waals surface area contributed by atoms with Crippen molar-refractivity contribution in [2.75, 3.05) is 6.54 Å². The number of sulfonamides is 1. The topological polar surface area (TPSA) is 74.7 Å². The Bertz CT molecular complexity index is 662. The van der Waals surface area contributed by atoms with E-state index >= 15 is 0 Å². The van der Waals surface area contributed by atoms with Gasteiger partial charge in [-0.3, -0.25) is 4.79 Å². The summed E-state index contributed by atoms with van der Waals surface area (Å²) < 4.78 is 39.5. The van der Waals surface area contributed by atoms with Crippen molar-refractivity contribution in [2.45, 2.75) is 30.7 Å². The molecule has 1 fully saturated rings. The Balaban J connectivity index is 2.50. The molecule has 0 aromatic heterocycles. The fourth-order valence-corrected chi connectivity index (χ4v) is 4.69. The molecule has 0 radical (unpaired) electrons. The number of carboxylic acid groups (broad SMARTS) is 1. The van der Waals surface area contributed by atoms with Crippen LogP contribution in [0.3, 0.4) is 0 Å². The Morgan fingerprint density at radius 1 is 1.50 bits per heavy atom. The molecule has 0 unspecified atom stereocenters. The van der Waals surface area contributed by atoms with Crippen LogP contribution in [0.25, 0.3) is 0 Å². The second kappa shape index (κ2) is 5.42. The van der Waals surface area contributed by atoms with Gasteiger partial charge in [-0.25, -0.2) is 12.8 Å². The SMILES string of the molecule is Cc1cc(F)c(Br)cc1S(=O)(=O)N1CCC[C@H]1C(=O)O. The predicted molar refractivity (Wildman–Crippen MR) is 73.4 cm³/mol. The highest BCUT2D eigenvalue weighted by molar-refractivity contribution is 9.10. The molecule has 1 heterocycles. The summed E-state index contributed by atoms with van der Waals surface area (Å²) in [5.41, 5.74) is 0.252. The molecule has 1 aromatic rings. The summed E-state index contributed by atoms with van der Waals surface area (Å²) in [6.45, 7) is 1.64. The molecule has 1 saturated heterocycles. The highest BCUT2D eigenvalue weighted by atomic mass is 79.9. The van der Waals surface area contributed by atoms with Crippen LogP contribution < -0.4 is 0 Å². The van der Waals surface area contributed by atoms with E-state index in [1.807, 2.05) is 0 Å². The van der Waals surface area contributed by atoms with Gasteiger partial charge in [0.05, 0.1) is 9.37 Å². The number of aryl methyl sites for hydroxylation is 1. The fourth-order valence-electron chi connectivity index (χ4n) is 2.31. The maximum absolute atomic E-state index is 13.4. The molecule has 1 atom stereocenters. The molecule has 0 saturated carbocycles. The number of nitrogens with zero attached hydrogens (tertiary/aromatic N) is 1. The van der Waals surface area contributed by atoms with E-state index in [1.165, 1.54) is 13.0 Å². The highest BCUT2D eigenvalue weighted by Gasteiger charge is 2.40. The summed E-state index contributed by atoms with van der Waals surface area (Å²) in [6, 6.07) is 1.24. The predicted octanol–water partition coefficient (Wildman–Crippen LogP) is 2.13. The van der Waals surface area contributed by atoms with E-state index in [2.05, 4.69) is 15.9 Å². The lowest BCUT2D eigenvalue weighted by molar-refractivity contribution is -0.140. The highest BCUT2D eigenvalue weighted by Crippen LogP contribution is 2.30. The van der Waals surface area contributed by atoms with E-state index in [9.17, 15) is 17.6 Å². The van der Waals surface area contributed by atoms with Crippen LogP contribution in [0, 0.1) is 12.7 Å². The normalized spacial score (nSPS) is 20.2. The Hall–Kier alpha value is -0.990. The van der Waals surface area contributed by atoms with Crippen molar-refractivity contribution in [3.8, 4) is 0 Å². The number of carbonyl (C=O) groups is 1. The van der Waals surface area contributed by atoms with E-state index < -0.39 is 27.9 Å². The summed E-state index contributed by atoms with van der Waals surface area (Å²) in [7, 11) is -3.95. The monoisotopic (exact) mass is 365 g/mol. The summed E-state index contributed by atoms with van der Waals surface area (Å²) in [5.74, 6) is -1.72. The maximum atomic E-state index is 13.4. The number of hydrogen-bond donors (Lipinski definition) is 1. The fraction of sp³-hybridized carbons (Fsp3) is 0.417. The molecule has 1 aromatic carbocycles. The number of carboxylic acids is 1. The Morgan fingerprint density at radius 3 is 2.75 bits per heavy atom. The Kier molecular flexibility index (Phi) is 4.17. The number of hydrogen-bond acceptors (Lipinski definition) is 3. The molecule has 1 aliphatic heterocycles. The molecule has 0 amide bonds. The van der Waals surface area contributed by atoms with Gasteiger partial charge in [0, 0.05) is 6.54 Å². The van der Waals surface area contributed by atoms with Gasteiger partial charge in [-0.15, -0.1) is 0 Å².